The van der Waals surface area contributed by atoms with Gasteiger partial charge in [-0.25, -0.2) is 0 Å². The van der Waals surface area contributed by atoms with Crippen LogP contribution in [0.4, 0.5) is 0 Å². The molecule has 4 heteroatoms. The summed E-state index contributed by atoms with van der Waals surface area (Å²) >= 11 is 0. The maximum absolute atomic E-state index is 12.3. The van der Waals surface area contributed by atoms with Crippen molar-refractivity contribution in [2.45, 2.75) is 46.5 Å². The number of rotatable bonds is 7. The van der Waals surface area contributed by atoms with Crippen LogP contribution in [0.15, 0.2) is 0 Å². The van der Waals surface area contributed by atoms with E-state index >= 15 is 0 Å². The predicted octanol–water partition coefficient (Wildman–Crippen LogP) is 2.31. The first-order valence-corrected chi connectivity index (χ1v) is 6.84. The van der Waals surface area contributed by atoms with Crippen molar-refractivity contribution >= 4 is 11.9 Å². The molecule has 1 aliphatic carbocycles. The summed E-state index contributed by atoms with van der Waals surface area (Å²) in [6, 6.07) is 0. The van der Waals surface area contributed by atoms with Gasteiger partial charge in [-0.15, -0.1) is 11.8 Å². The lowest BCUT2D eigenvalue weighted by molar-refractivity contribution is -0.172. The number of ether oxygens (including phenoxy) is 2. The minimum Gasteiger partial charge on any atom is -0.465 e. The summed E-state index contributed by atoms with van der Waals surface area (Å²) in [4.78, 5) is 24.5. The first kappa shape index (κ1) is 15.6. The molecule has 0 heterocycles. The van der Waals surface area contributed by atoms with Crippen molar-refractivity contribution in [3.8, 4) is 11.8 Å². The van der Waals surface area contributed by atoms with Crippen LogP contribution in [0.2, 0.25) is 0 Å². The van der Waals surface area contributed by atoms with Gasteiger partial charge >= 0.3 is 11.9 Å². The molecule has 0 saturated heterocycles. The summed E-state index contributed by atoms with van der Waals surface area (Å²) in [7, 11) is 0. The highest BCUT2D eigenvalue weighted by Crippen LogP contribution is 2.43. The molecule has 0 N–H and O–H groups in total. The quantitative estimate of drug-likeness (QED) is 0.403. The topological polar surface area (TPSA) is 52.6 Å². The van der Waals surface area contributed by atoms with E-state index in [2.05, 4.69) is 11.8 Å². The Labute approximate surface area is 114 Å². The molecule has 0 unspecified atom stereocenters. The molecule has 0 amide bonds. The van der Waals surface area contributed by atoms with Crippen LogP contribution in [0.5, 0.6) is 0 Å². The Bertz CT molecular complexity index is 367. The third kappa shape index (κ3) is 3.99. The molecule has 0 atom stereocenters. The van der Waals surface area contributed by atoms with Gasteiger partial charge in [0, 0.05) is 6.42 Å². The van der Waals surface area contributed by atoms with Gasteiger partial charge in [0.1, 0.15) is 0 Å². The normalized spacial score (nSPS) is 14.3. The van der Waals surface area contributed by atoms with Crippen LogP contribution in [-0.4, -0.2) is 25.2 Å². The average molecular weight is 266 g/mol. The molecule has 0 bridgehead atoms. The number of hydrogen-bond donors (Lipinski definition) is 0. The summed E-state index contributed by atoms with van der Waals surface area (Å²) in [6.45, 7) is 5.67. The highest BCUT2D eigenvalue weighted by molar-refractivity contribution is 6.00. The van der Waals surface area contributed by atoms with E-state index in [1.54, 1.807) is 20.8 Å². The molecule has 4 nitrogen and oxygen atoms in total. The van der Waals surface area contributed by atoms with Gasteiger partial charge < -0.3 is 9.47 Å². The van der Waals surface area contributed by atoms with Crippen LogP contribution in [0.3, 0.4) is 0 Å². The van der Waals surface area contributed by atoms with Crippen molar-refractivity contribution in [1.82, 2.24) is 0 Å². The smallest absolute Gasteiger partial charge is 0.324 e. The van der Waals surface area contributed by atoms with Crippen molar-refractivity contribution in [1.29, 1.82) is 0 Å². The van der Waals surface area contributed by atoms with Crippen LogP contribution in [-0.2, 0) is 19.1 Å². The minimum absolute atomic E-state index is 0.178. The van der Waals surface area contributed by atoms with Gasteiger partial charge in [-0.1, -0.05) is 12.8 Å². The lowest BCUT2D eigenvalue weighted by atomic mass is 9.79. The fourth-order valence-corrected chi connectivity index (χ4v) is 2.06. The molecular weight excluding hydrogens is 244 g/mol. The van der Waals surface area contributed by atoms with Gasteiger partial charge in [-0.3, -0.25) is 9.59 Å². The number of carbonyl (C=O) groups is 2. The van der Waals surface area contributed by atoms with Crippen LogP contribution in [0, 0.1) is 23.2 Å². The molecule has 19 heavy (non-hydrogen) atoms. The maximum atomic E-state index is 12.3. The molecule has 1 aliphatic rings. The van der Waals surface area contributed by atoms with Crippen LogP contribution in [0.25, 0.3) is 0 Å². The molecule has 1 fully saturated rings. The molecule has 0 aromatic rings. The highest BCUT2D eigenvalue weighted by atomic mass is 16.6. The zero-order chi connectivity index (χ0) is 14.3. The van der Waals surface area contributed by atoms with Crippen molar-refractivity contribution in [2.75, 3.05) is 13.2 Å². The lowest BCUT2D eigenvalue weighted by Gasteiger charge is -2.27. The zero-order valence-electron chi connectivity index (χ0n) is 12.0. The summed E-state index contributed by atoms with van der Waals surface area (Å²) in [5.74, 6) is 5.01. The fraction of sp³-hybridized carbons (Fsp3) is 0.733. The van der Waals surface area contributed by atoms with Crippen molar-refractivity contribution in [3.05, 3.63) is 0 Å². The maximum Gasteiger partial charge on any atom is 0.324 e. The summed E-state index contributed by atoms with van der Waals surface area (Å²) < 4.78 is 10.2. The number of hydrogen-bond acceptors (Lipinski definition) is 4. The van der Waals surface area contributed by atoms with Crippen LogP contribution < -0.4 is 0 Å². The third-order valence-electron chi connectivity index (χ3n) is 3.23. The van der Waals surface area contributed by atoms with Gasteiger partial charge in [0.25, 0.3) is 0 Å². The Morgan fingerprint density at radius 1 is 1.16 bits per heavy atom. The molecule has 1 saturated carbocycles. The third-order valence-corrected chi connectivity index (χ3v) is 3.23. The van der Waals surface area contributed by atoms with Gasteiger partial charge in [-0.05, 0) is 33.1 Å². The zero-order valence-corrected chi connectivity index (χ0v) is 12.0. The van der Waals surface area contributed by atoms with Crippen molar-refractivity contribution < 1.29 is 19.1 Å². The second-order valence-corrected chi connectivity index (χ2v) is 4.77. The van der Waals surface area contributed by atoms with Crippen molar-refractivity contribution in [2.24, 2.45) is 11.3 Å². The van der Waals surface area contributed by atoms with Crippen LogP contribution >= 0.6 is 0 Å². The number of carbonyl (C=O) groups excluding carboxylic acids is 2. The van der Waals surface area contributed by atoms with Gasteiger partial charge in [-0.2, -0.15) is 0 Å². The largest absolute Gasteiger partial charge is 0.465 e. The van der Waals surface area contributed by atoms with E-state index in [0.29, 0.717) is 12.3 Å². The van der Waals surface area contributed by atoms with E-state index in [-0.39, 0.29) is 19.6 Å². The van der Waals surface area contributed by atoms with Gasteiger partial charge in [0.15, 0.2) is 5.41 Å². The molecule has 0 radical (unpaired) electrons. The monoisotopic (exact) mass is 266 g/mol. The second-order valence-electron chi connectivity index (χ2n) is 4.77. The summed E-state index contributed by atoms with van der Waals surface area (Å²) in [5.41, 5.74) is -1.24. The lowest BCUT2D eigenvalue weighted by Crippen LogP contribution is -2.42. The average Bonchev–Trinajstić information content (AvgIpc) is 3.18. The molecular formula is C15H22O4. The Morgan fingerprint density at radius 3 is 2.05 bits per heavy atom. The Balaban J connectivity index is 3.00. The van der Waals surface area contributed by atoms with Crippen molar-refractivity contribution in [3.63, 3.8) is 0 Å². The molecule has 0 aromatic carbocycles. The molecule has 0 aromatic heterocycles. The number of esters is 2. The molecule has 106 valence electrons. The molecule has 1 rings (SSSR count). The van der Waals surface area contributed by atoms with Crippen LogP contribution in [0.1, 0.15) is 46.5 Å². The van der Waals surface area contributed by atoms with E-state index in [1.807, 2.05) is 0 Å². The molecule has 0 spiro atoms. The summed E-state index contributed by atoms with van der Waals surface area (Å²) in [6.07, 6.45) is 2.78. The second kappa shape index (κ2) is 7.18. The summed E-state index contributed by atoms with van der Waals surface area (Å²) in [5, 5.41) is 0. The van der Waals surface area contributed by atoms with Gasteiger partial charge in [0.2, 0.25) is 0 Å². The van der Waals surface area contributed by atoms with E-state index < -0.39 is 17.4 Å². The minimum atomic E-state index is -1.24. The van der Waals surface area contributed by atoms with Gasteiger partial charge in [0.05, 0.1) is 13.2 Å². The first-order valence-electron chi connectivity index (χ1n) is 6.84. The predicted molar refractivity (Wildman–Crippen MR) is 71.1 cm³/mol. The SMILES string of the molecule is CC#CCC(CC1CC1)(C(=O)OCC)C(=O)OCC. The Hall–Kier alpha value is -1.50. The Kier molecular flexibility index (Phi) is 5.88. The fourth-order valence-electron chi connectivity index (χ4n) is 2.06. The Morgan fingerprint density at radius 2 is 1.68 bits per heavy atom. The first-order chi connectivity index (χ1) is 9.10. The highest BCUT2D eigenvalue weighted by Gasteiger charge is 2.51. The van der Waals surface area contributed by atoms with E-state index in [1.165, 1.54) is 0 Å². The van der Waals surface area contributed by atoms with E-state index in [9.17, 15) is 9.59 Å². The van der Waals surface area contributed by atoms with E-state index in [0.717, 1.165) is 12.8 Å². The standard InChI is InChI=1S/C15H22O4/c1-4-7-10-15(11-12-8-9-12,13(16)18-5-2)14(17)19-6-3/h12H,5-6,8-11H2,1-3H3. The molecule has 0 aliphatic heterocycles. The van der Waals surface area contributed by atoms with E-state index in [4.69, 9.17) is 9.47 Å².